The number of aromatic nitrogens is 4. The third-order valence-electron chi connectivity index (χ3n) is 5.45. The monoisotopic (exact) mass is 426 g/mol. The van der Waals surface area contributed by atoms with Crippen molar-refractivity contribution in [2.45, 2.75) is 38.5 Å². The van der Waals surface area contributed by atoms with E-state index in [1.54, 1.807) is 16.7 Å². The lowest BCUT2D eigenvalue weighted by molar-refractivity contribution is 0.0217. The Morgan fingerprint density at radius 3 is 2.61 bits per heavy atom. The molecule has 1 aliphatic rings. The number of imidazole rings is 1. The van der Waals surface area contributed by atoms with E-state index in [1.807, 2.05) is 0 Å². The number of hydrogen-bond acceptors (Lipinski definition) is 5. The van der Waals surface area contributed by atoms with Crippen LogP contribution in [-0.4, -0.2) is 43.1 Å². The summed E-state index contributed by atoms with van der Waals surface area (Å²) in [5.74, 6) is 5.84. The molecule has 1 fully saturated rings. The number of aryl methyl sites for hydroxylation is 1. The van der Waals surface area contributed by atoms with Crippen molar-refractivity contribution >= 4 is 11.2 Å². The summed E-state index contributed by atoms with van der Waals surface area (Å²) in [6.07, 6.45) is 3.49. The fourth-order valence-electron chi connectivity index (χ4n) is 3.50. The zero-order valence-electron chi connectivity index (χ0n) is 17.2. The van der Waals surface area contributed by atoms with Crippen LogP contribution in [0, 0.1) is 17.7 Å². The van der Waals surface area contributed by atoms with Gasteiger partial charge >= 0.3 is 5.69 Å². The van der Waals surface area contributed by atoms with Crippen LogP contribution in [0.4, 0.5) is 4.39 Å². The Labute approximate surface area is 177 Å². The molecule has 0 spiro atoms. The normalized spacial score (nSPS) is 13.8. The van der Waals surface area contributed by atoms with Crippen LogP contribution in [0.5, 0.6) is 0 Å². The van der Waals surface area contributed by atoms with Crippen LogP contribution >= 0.6 is 0 Å². The van der Waals surface area contributed by atoms with Gasteiger partial charge < -0.3 is 14.4 Å². The zero-order valence-corrected chi connectivity index (χ0v) is 17.2. The Balaban J connectivity index is 1.82. The van der Waals surface area contributed by atoms with E-state index < -0.39 is 11.2 Å². The summed E-state index contributed by atoms with van der Waals surface area (Å²) in [7, 11) is 1.52. The fourth-order valence-corrected chi connectivity index (χ4v) is 3.50. The van der Waals surface area contributed by atoms with Crippen LogP contribution in [0.2, 0.25) is 0 Å². The summed E-state index contributed by atoms with van der Waals surface area (Å²) in [4.78, 5) is 30.1. The molecule has 2 heterocycles. The van der Waals surface area contributed by atoms with Gasteiger partial charge in [-0.25, -0.2) is 14.2 Å². The molecular formula is C22H23FN4O4. The van der Waals surface area contributed by atoms with Crippen LogP contribution in [0.15, 0.2) is 33.9 Å². The molecule has 1 aliphatic carbocycles. The van der Waals surface area contributed by atoms with Gasteiger partial charge in [-0.3, -0.25) is 13.9 Å². The minimum atomic E-state index is -0.564. The number of hydrogen-bond donors (Lipinski definition) is 1. The molecule has 0 bridgehead atoms. The molecule has 1 N–H and O–H groups in total. The molecule has 3 aromatic rings. The molecule has 4 rings (SSSR count). The van der Waals surface area contributed by atoms with E-state index in [0.29, 0.717) is 5.82 Å². The number of halogens is 1. The second-order valence-corrected chi connectivity index (χ2v) is 7.51. The first-order chi connectivity index (χ1) is 15.0. The molecule has 1 saturated carbocycles. The molecule has 9 heteroatoms. The van der Waals surface area contributed by atoms with Crippen molar-refractivity contribution < 1.29 is 14.2 Å². The van der Waals surface area contributed by atoms with Crippen LogP contribution in [0.25, 0.3) is 11.2 Å². The molecule has 8 nitrogen and oxygen atoms in total. The van der Waals surface area contributed by atoms with E-state index in [9.17, 15) is 19.1 Å². The van der Waals surface area contributed by atoms with E-state index in [2.05, 4.69) is 16.8 Å². The first kappa shape index (κ1) is 21.0. The second kappa shape index (κ2) is 8.88. The van der Waals surface area contributed by atoms with Gasteiger partial charge in [0.15, 0.2) is 17.0 Å². The molecule has 0 radical (unpaired) electrons. The van der Waals surface area contributed by atoms with Gasteiger partial charge in [0.1, 0.15) is 12.4 Å². The van der Waals surface area contributed by atoms with Crippen LogP contribution in [0.1, 0.15) is 30.7 Å². The molecule has 0 atom stereocenters. The third kappa shape index (κ3) is 4.17. The Morgan fingerprint density at radius 1 is 1.23 bits per heavy atom. The predicted octanol–water partition coefficient (Wildman–Crippen LogP) is 0.997. The van der Waals surface area contributed by atoms with Crippen LogP contribution < -0.4 is 11.2 Å². The fraction of sp³-hybridized carbons (Fsp3) is 0.409. The van der Waals surface area contributed by atoms with Crippen molar-refractivity contribution in [1.82, 2.24) is 18.7 Å². The number of benzene rings is 1. The van der Waals surface area contributed by atoms with E-state index in [-0.39, 0.29) is 49.4 Å². The molecule has 0 amide bonds. The highest BCUT2D eigenvalue weighted by molar-refractivity contribution is 5.72. The quantitative estimate of drug-likeness (QED) is 0.594. The van der Waals surface area contributed by atoms with Gasteiger partial charge in [0.2, 0.25) is 0 Å². The summed E-state index contributed by atoms with van der Waals surface area (Å²) < 4.78 is 22.9. The Kier molecular flexibility index (Phi) is 6.02. The van der Waals surface area contributed by atoms with Crippen molar-refractivity contribution in [3.8, 4) is 11.8 Å². The molecule has 0 aliphatic heterocycles. The average Bonchev–Trinajstić information content (AvgIpc) is 3.08. The van der Waals surface area contributed by atoms with E-state index in [1.165, 1.54) is 30.2 Å². The molecule has 0 saturated heterocycles. The van der Waals surface area contributed by atoms with Crippen molar-refractivity contribution in [3.05, 3.63) is 62.3 Å². The standard InChI is InChI=1S/C22H23FN4O4/c1-25-20-19(21(29)26(11-12-28)22(25)30)27(14-15-7-9-16(23)10-8-15)18(24-20)6-3-13-31-17-4-2-5-17/h7-10,17,28H,2,4-5,11-14H2,1H3. The van der Waals surface area contributed by atoms with Crippen molar-refractivity contribution in [2.75, 3.05) is 13.2 Å². The maximum atomic E-state index is 13.3. The number of aliphatic hydroxyl groups is 1. The van der Waals surface area contributed by atoms with E-state index in [4.69, 9.17) is 4.74 Å². The number of fused-ring (bicyclic) bond motifs is 1. The molecule has 0 unspecified atom stereocenters. The zero-order chi connectivity index (χ0) is 22.0. The van der Waals surface area contributed by atoms with Crippen molar-refractivity contribution in [1.29, 1.82) is 0 Å². The summed E-state index contributed by atoms with van der Waals surface area (Å²) in [5.41, 5.74) is 0.0300. The molecular weight excluding hydrogens is 403 g/mol. The first-order valence-electron chi connectivity index (χ1n) is 10.2. The number of ether oxygens (including phenoxy) is 1. The molecule has 162 valence electrons. The third-order valence-corrected chi connectivity index (χ3v) is 5.45. The minimum absolute atomic E-state index is 0.126. The van der Waals surface area contributed by atoms with Gasteiger partial charge in [-0.05, 0) is 42.9 Å². The Hall–Kier alpha value is -3.22. The van der Waals surface area contributed by atoms with Crippen molar-refractivity contribution in [3.63, 3.8) is 0 Å². The summed E-state index contributed by atoms with van der Waals surface area (Å²) >= 11 is 0. The van der Waals surface area contributed by atoms with Crippen LogP contribution in [-0.2, 0) is 24.9 Å². The van der Waals surface area contributed by atoms with E-state index in [0.717, 1.165) is 23.0 Å². The van der Waals surface area contributed by atoms with Gasteiger partial charge in [0.25, 0.3) is 5.56 Å². The Bertz CT molecular complexity index is 1270. The lowest BCUT2D eigenvalue weighted by Gasteiger charge is -2.24. The minimum Gasteiger partial charge on any atom is -0.395 e. The smallest absolute Gasteiger partial charge is 0.332 e. The highest BCUT2D eigenvalue weighted by Crippen LogP contribution is 2.21. The SMILES string of the molecule is Cn1c(=O)n(CCO)c(=O)c2c1nc(C#CCOC1CCC1)n2Cc1ccc(F)cc1. The van der Waals surface area contributed by atoms with Gasteiger partial charge in [0.05, 0.1) is 25.8 Å². The van der Waals surface area contributed by atoms with Crippen LogP contribution in [0.3, 0.4) is 0 Å². The molecule has 2 aromatic heterocycles. The molecule has 1 aromatic carbocycles. The molecule has 31 heavy (non-hydrogen) atoms. The summed E-state index contributed by atoms with van der Waals surface area (Å²) in [5, 5.41) is 9.28. The van der Waals surface area contributed by atoms with Gasteiger partial charge in [-0.15, -0.1) is 0 Å². The first-order valence-corrected chi connectivity index (χ1v) is 10.2. The highest BCUT2D eigenvalue weighted by atomic mass is 19.1. The van der Waals surface area contributed by atoms with E-state index >= 15 is 0 Å². The van der Waals surface area contributed by atoms with Gasteiger partial charge in [-0.1, -0.05) is 18.1 Å². The lowest BCUT2D eigenvalue weighted by atomic mass is 9.96. The summed E-state index contributed by atoms with van der Waals surface area (Å²) in [6, 6.07) is 5.91. The maximum absolute atomic E-state index is 13.3. The maximum Gasteiger partial charge on any atom is 0.332 e. The highest BCUT2D eigenvalue weighted by Gasteiger charge is 2.20. The topological polar surface area (TPSA) is 91.3 Å². The lowest BCUT2D eigenvalue weighted by Crippen LogP contribution is -2.40. The largest absolute Gasteiger partial charge is 0.395 e. The number of nitrogens with zero attached hydrogens (tertiary/aromatic N) is 4. The Morgan fingerprint density at radius 2 is 1.97 bits per heavy atom. The summed E-state index contributed by atoms with van der Waals surface area (Å²) in [6.45, 7) is -0.00766. The number of rotatable bonds is 6. The predicted molar refractivity (Wildman–Crippen MR) is 112 cm³/mol. The number of aliphatic hydroxyl groups excluding tert-OH is 1. The van der Waals surface area contributed by atoms with Gasteiger partial charge in [-0.2, -0.15) is 0 Å². The second-order valence-electron chi connectivity index (χ2n) is 7.51. The van der Waals surface area contributed by atoms with Crippen molar-refractivity contribution in [2.24, 2.45) is 7.05 Å². The van der Waals surface area contributed by atoms with Gasteiger partial charge in [0, 0.05) is 7.05 Å². The average molecular weight is 426 g/mol.